The highest BCUT2D eigenvalue weighted by molar-refractivity contribution is 6.07. The van der Waals surface area contributed by atoms with Gasteiger partial charge in [0, 0.05) is 7.11 Å². The van der Waals surface area contributed by atoms with E-state index in [2.05, 4.69) is 10.5 Å². The lowest BCUT2D eigenvalue weighted by molar-refractivity contribution is -0.133. The third kappa shape index (κ3) is 2.69. The van der Waals surface area contributed by atoms with Gasteiger partial charge in [0.15, 0.2) is 5.84 Å². The van der Waals surface area contributed by atoms with Gasteiger partial charge >= 0.3 is 0 Å². The van der Waals surface area contributed by atoms with Gasteiger partial charge in [-0.3, -0.25) is 4.79 Å². The van der Waals surface area contributed by atoms with Crippen molar-refractivity contribution in [1.29, 1.82) is 0 Å². The summed E-state index contributed by atoms with van der Waals surface area (Å²) in [4.78, 5) is 12.2. The lowest BCUT2D eigenvalue weighted by atomic mass is 9.67. The van der Waals surface area contributed by atoms with Gasteiger partial charge in [0.25, 0.3) is 0 Å². The maximum atomic E-state index is 12.2. The fourth-order valence-electron chi connectivity index (χ4n) is 2.05. The van der Waals surface area contributed by atoms with Crippen LogP contribution in [-0.2, 0) is 9.53 Å². The van der Waals surface area contributed by atoms with Gasteiger partial charge in [-0.15, -0.1) is 0 Å². The number of nitrogens with one attached hydrogen (secondary N) is 1. The summed E-state index contributed by atoms with van der Waals surface area (Å²) in [6, 6.07) is 0. The Bertz CT molecular complexity index is 322. The average molecular weight is 243 g/mol. The second-order valence-electron chi connectivity index (χ2n) is 5.19. The van der Waals surface area contributed by atoms with E-state index in [1.165, 1.54) is 0 Å². The molecule has 0 aromatic rings. The van der Waals surface area contributed by atoms with Crippen molar-refractivity contribution < 1.29 is 14.7 Å². The molecule has 0 aromatic heterocycles. The molecule has 98 valence electrons. The molecule has 1 rings (SSSR count). The molecule has 0 aliphatic heterocycles. The van der Waals surface area contributed by atoms with Crippen molar-refractivity contribution in [3.05, 3.63) is 0 Å². The predicted octanol–water partition coefficient (Wildman–Crippen LogP) is 0.444. The van der Waals surface area contributed by atoms with E-state index in [4.69, 9.17) is 15.7 Å². The predicted molar refractivity (Wildman–Crippen MR) is 63.8 cm³/mol. The van der Waals surface area contributed by atoms with Crippen LogP contribution in [0.4, 0.5) is 0 Å². The Morgan fingerprint density at radius 2 is 2.18 bits per heavy atom. The molecule has 6 heteroatoms. The van der Waals surface area contributed by atoms with Gasteiger partial charge in [-0.25, -0.2) is 0 Å². The smallest absolute Gasteiger partial charge is 0.234 e. The Kier molecular flexibility index (Phi) is 3.98. The van der Waals surface area contributed by atoms with E-state index >= 15 is 0 Å². The van der Waals surface area contributed by atoms with Crippen LogP contribution in [-0.4, -0.2) is 36.2 Å². The van der Waals surface area contributed by atoms with E-state index in [-0.39, 0.29) is 11.7 Å². The molecule has 0 saturated heterocycles. The number of nitrogens with two attached hydrogens (primary N) is 1. The Balaban J connectivity index is 2.75. The normalized spacial score (nSPS) is 19.6. The number of amidine groups is 1. The number of amides is 1. The first kappa shape index (κ1) is 13.8. The third-order valence-corrected chi connectivity index (χ3v) is 3.20. The van der Waals surface area contributed by atoms with Crippen molar-refractivity contribution in [3.63, 3.8) is 0 Å². The average Bonchev–Trinajstić information content (AvgIpc) is 2.14. The molecule has 1 saturated carbocycles. The van der Waals surface area contributed by atoms with Gasteiger partial charge in [0.1, 0.15) is 5.41 Å². The first-order chi connectivity index (χ1) is 7.88. The Morgan fingerprint density at radius 1 is 1.59 bits per heavy atom. The van der Waals surface area contributed by atoms with Crippen LogP contribution in [0, 0.1) is 5.41 Å². The molecular formula is C11H21N3O3. The molecule has 0 spiro atoms. The number of hydrogen-bond acceptors (Lipinski definition) is 4. The molecule has 0 atom stereocenters. The summed E-state index contributed by atoms with van der Waals surface area (Å²) < 4.78 is 5.03. The summed E-state index contributed by atoms with van der Waals surface area (Å²) in [7, 11) is 1.58. The highest BCUT2D eigenvalue weighted by Crippen LogP contribution is 2.41. The lowest BCUT2D eigenvalue weighted by Crippen LogP contribution is -2.59. The zero-order valence-electron chi connectivity index (χ0n) is 10.6. The number of oxime groups is 1. The first-order valence-electron chi connectivity index (χ1n) is 5.67. The SMILES string of the molecule is COCC(C)(C)NC(=O)C1(C(N)=NO)CCC1. The minimum atomic E-state index is -0.834. The number of methoxy groups -OCH3 is 1. The number of carbonyl (C=O) groups is 1. The summed E-state index contributed by atoms with van der Waals surface area (Å²) >= 11 is 0. The standard InChI is InChI=1S/C11H21N3O3/c1-10(2,7-17-3)13-9(15)11(5-4-6-11)8(12)14-16/h16H,4-7H2,1-3H3,(H2,12,14)(H,13,15). The van der Waals surface area contributed by atoms with E-state index < -0.39 is 11.0 Å². The molecule has 17 heavy (non-hydrogen) atoms. The maximum Gasteiger partial charge on any atom is 0.234 e. The lowest BCUT2D eigenvalue weighted by Gasteiger charge is -2.41. The Hall–Kier alpha value is -1.30. The first-order valence-corrected chi connectivity index (χ1v) is 5.67. The quantitative estimate of drug-likeness (QED) is 0.282. The molecule has 1 aliphatic rings. The molecule has 6 nitrogen and oxygen atoms in total. The molecule has 1 fully saturated rings. The van der Waals surface area contributed by atoms with E-state index in [1.54, 1.807) is 7.11 Å². The van der Waals surface area contributed by atoms with Crippen LogP contribution in [0.5, 0.6) is 0 Å². The van der Waals surface area contributed by atoms with E-state index in [0.717, 1.165) is 6.42 Å². The largest absolute Gasteiger partial charge is 0.409 e. The van der Waals surface area contributed by atoms with Crippen molar-refractivity contribution in [1.82, 2.24) is 5.32 Å². The molecule has 1 amide bonds. The fraction of sp³-hybridized carbons (Fsp3) is 0.818. The van der Waals surface area contributed by atoms with Crippen molar-refractivity contribution in [2.24, 2.45) is 16.3 Å². The summed E-state index contributed by atoms with van der Waals surface area (Å²) in [5, 5.41) is 14.6. The number of ether oxygens (including phenoxy) is 1. The van der Waals surface area contributed by atoms with Crippen LogP contribution >= 0.6 is 0 Å². The van der Waals surface area contributed by atoms with Crippen LogP contribution in [0.1, 0.15) is 33.1 Å². The Labute approximate surface area is 101 Å². The zero-order chi connectivity index (χ0) is 13.1. The minimum absolute atomic E-state index is 0.00512. The van der Waals surface area contributed by atoms with Crippen LogP contribution in [0.15, 0.2) is 5.16 Å². The van der Waals surface area contributed by atoms with Crippen molar-refractivity contribution in [2.75, 3.05) is 13.7 Å². The van der Waals surface area contributed by atoms with Crippen LogP contribution in [0.3, 0.4) is 0 Å². The van der Waals surface area contributed by atoms with Gasteiger partial charge in [-0.1, -0.05) is 11.6 Å². The van der Waals surface area contributed by atoms with Crippen molar-refractivity contribution in [3.8, 4) is 0 Å². The van der Waals surface area contributed by atoms with Crippen LogP contribution in [0.2, 0.25) is 0 Å². The fourth-order valence-corrected chi connectivity index (χ4v) is 2.05. The molecule has 0 unspecified atom stereocenters. The zero-order valence-corrected chi connectivity index (χ0v) is 10.6. The van der Waals surface area contributed by atoms with Crippen molar-refractivity contribution >= 4 is 11.7 Å². The molecule has 1 aliphatic carbocycles. The van der Waals surface area contributed by atoms with E-state index in [9.17, 15) is 4.79 Å². The van der Waals surface area contributed by atoms with Crippen LogP contribution in [0.25, 0.3) is 0 Å². The van der Waals surface area contributed by atoms with Gasteiger partial charge < -0.3 is 21.0 Å². The second kappa shape index (κ2) is 4.91. The van der Waals surface area contributed by atoms with E-state index in [0.29, 0.717) is 19.4 Å². The summed E-state index contributed by atoms with van der Waals surface area (Å²) in [6.45, 7) is 4.14. The molecule has 0 radical (unpaired) electrons. The molecule has 4 N–H and O–H groups in total. The molecule has 0 aromatic carbocycles. The van der Waals surface area contributed by atoms with Crippen molar-refractivity contribution in [2.45, 2.75) is 38.6 Å². The minimum Gasteiger partial charge on any atom is -0.409 e. The number of hydrogen-bond donors (Lipinski definition) is 3. The topological polar surface area (TPSA) is 96.9 Å². The van der Waals surface area contributed by atoms with Gasteiger partial charge in [0.2, 0.25) is 5.91 Å². The highest BCUT2D eigenvalue weighted by Gasteiger charge is 2.49. The second-order valence-corrected chi connectivity index (χ2v) is 5.19. The molecule has 0 heterocycles. The van der Waals surface area contributed by atoms with Gasteiger partial charge in [-0.2, -0.15) is 0 Å². The summed E-state index contributed by atoms with van der Waals surface area (Å²) in [5.74, 6) is -0.199. The number of nitrogens with zero attached hydrogens (tertiary/aromatic N) is 1. The van der Waals surface area contributed by atoms with E-state index in [1.807, 2.05) is 13.8 Å². The third-order valence-electron chi connectivity index (χ3n) is 3.20. The summed E-state index contributed by atoms with van der Waals surface area (Å²) in [6.07, 6.45) is 2.16. The van der Waals surface area contributed by atoms with Crippen LogP contribution < -0.4 is 11.1 Å². The monoisotopic (exact) mass is 243 g/mol. The summed E-state index contributed by atoms with van der Waals surface area (Å²) in [5.41, 5.74) is 4.31. The highest BCUT2D eigenvalue weighted by atomic mass is 16.5. The Morgan fingerprint density at radius 3 is 2.53 bits per heavy atom. The number of carbonyl (C=O) groups excluding carboxylic acids is 1. The van der Waals surface area contributed by atoms with Gasteiger partial charge in [-0.05, 0) is 26.7 Å². The molecule has 0 bridgehead atoms. The number of rotatable bonds is 5. The van der Waals surface area contributed by atoms with Gasteiger partial charge in [0.05, 0.1) is 12.1 Å². The molecular weight excluding hydrogens is 222 g/mol. The maximum absolute atomic E-state index is 12.2.